The number of hydrogen-bond donors (Lipinski definition) is 1. The molecule has 0 unspecified atom stereocenters. The Morgan fingerprint density at radius 2 is 1.67 bits per heavy atom. The molecule has 8 heteroatoms. The molecule has 0 bridgehead atoms. The Kier molecular flexibility index (Phi) is 5.76. The van der Waals surface area contributed by atoms with Gasteiger partial charge in [-0.25, -0.2) is 0 Å². The summed E-state index contributed by atoms with van der Waals surface area (Å²) in [4.78, 5) is 40.5. The molecule has 0 saturated carbocycles. The lowest BCUT2D eigenvalue weighted by Crippen LogP contribution is -3.19. The number of nitro benzene ring substituents is 1. The highest BCUT2D eigenvalue weighted by Crippen LogP contribution is 2.20. The number of non-ortho nitro benzene ring substituents is 1. The number of rotatable bonds is 6. The van der Waals surface area contributed by atoms with Crippen molar-refractivity contribution >= 4 is 23.2 Å². The molecule has 2 aliphatic heterocycles. The molecule has 30 heavy (non-hydrogen) atoms. The van der Waals surface area contributed by atoms with E-state index in [1.54, 1.807) is 12.1 Å². The molecule has 0 radical (unpaired) electrons. The van der Waals surface area contributed by atoms with Crippen molar-refractivity contribution in [3.63, 3.8) is 0 Å². The van der Waals surface area contributed by atoms with Crippen LogP contribution in [0.15, 0.2) is 54.6 Å². The molecule has 1 atom stereocenters. The van der Waals surface area contributed by atoms with Crippen LogP contribution in [0.25, 0.3) is 0 Å². The summed E-state index contributed by atoms with van der Waals surface area (Å²) in [6.45, 7) is 3.44. The van der Waals surface area contributed by atoms with Crippen LogP contribution >= 0.6 is 0 Å². The quantitative estimate of drug-likeness (QED) is 0.430. The maximum Gasteiger partial charge on any atom is 0.288 e. The lowest BCUT2D eigenvalue weighted by Gasteiger charge is -2.35. The van der Waals surface area contributed by atoms with Crippen LogP contribution in [-0.4, -0.2) is 60.4 Å². The van der Waals surface area contributed by atoms with Crippen molar-refractivity contribution in [2.75, 3.05) is 37.6 Å². The molecule has 4 rings (SSSR count). The summed E-state index contributed by atoms with van der Waals surface area (Å²) in [5.74, 6) is -0.138. The molecule has 0 aliphatic carbocycles. The molecule has 2 fully saturated rings. The number of carbonyl (C=O) groups is 2. The van der Waals surface area contributed by atoms with Gasteiger partial charge in [-0.3, -0.25) is 24.6 Å². The van der Waals surface area contributed by atoms with Crippen LogP contribution in [-0.2, 0) is 16.0 Å². The topological polar surface area (TPSA) is 88.2 Å². The van der Waals surface area contributed by atoms with Gasteiger partial charge in [0.05, 0.1) is 37.5 Å². The van der Waals surface area contributed by atoms with Crippen LogP contribution in [0.4, 0.5) is 11.4 Å². The highest BCUT2D eigenvalue weighted by molar-refractivity contribution is 6.04. The SMILES string of the molecule is O=C1C[C@H]([NH+]2CCN(c3ccc([N+](=O)[O-])cc3)CC2)C(=O)N1CCc1ccccc1. The van der Waals surface area contributed by atoms with Crippen molar-refractivity contribution in [3.05, 3.63) is 70.3 Å². The molecule has 2 amide bonds. The van der Waals surface area contributed by atoms with Gasteiger partial charge in [0, 0.05) is 24.4 Å². The first-order valence-electron chi connectivity index (χ1n) is 10.2. The van der Waals surface area contributed by atoms with Gasteiger partial charge in [-0.1, -0.05) is 30.3 Å². The van der Waals surface area contributed by atoms with Gasteiger partial charge in [0.25, 0.3) is 11.6 Å². The summed E-state index contributed by atoms with van der Waals surface area (Å²) < 4.78 is 0. The van der Waals surface area contributed by atoms with Crippen molar-refractivity contribution in [1.29, 1.82) is 0 Å². The zero-order valence-corrected chi connectivity index (χ0v) is 16.7. The standard InChI is InChI=1S/C22H24N4O4/c27-21-16-20(22(28)25(21)11-10-17-4-2-1-3-5-17)24-14-12-23(13-15-24)18-6-8-19(9-7-18)26(29)30/h1-9,20H,10-16H2/p+1/t20-/m0/s1. The maximum absolute atomic E-state index is 12.9. The van der Waals surface area contributed by atoms with E-state index in [1.807, 2.05) is 30.3 Å². The Morgan fingerprint density at radius 3 is 2.30 bits per heavy atom. The van der Waals surface area contributed by atoms with E-state index in [2.05, 4.69) is 4.90 Å². The number of likely N-dealkylation sites (tertiary alicyclic amines) is 1. The summed E-state index contributed by atoms with van der Waals surface area (Å²) in [7, 11) is 0. The predicted molar refractivity (Wildman–Crippen MR) is 111 cm³/mol. The third kappa shape index (κ3) is 4.18. The molecular formula is C22H25N4O4+. The third-order valence-corrected chi connectivity index (χ3v) is 6.03. The summed E-state index contributed by atoms with van der Waals surface area (Å²) in [5, 5.41) is 10.8. The average molecular weight is 409 g/mol. The lowest BCUT2D eigenvalue weighted by atomic mass is 10.1. The zero-order valence-electron chi connectivity index (χ0n) is 16.7. The number of benzene rings is 2. The first-order valence-corrected chi connectivity index (χ1v) is 10.2. The number of quaternary nitrogens is 1. The van der Waals surface area contributed by atoms with Gasteiger partial charge >= 0.3 is 0 Å². The van der Waals surface area contributed by atoms with E-state index >= 15 is 0 Å². The summed E-state index contributed by atoms with van der Waals surface area (Å²) >= 11 is 0. The molecular weight excluding hydrogens is 384 g/mol. The van der Waals surface area contributed by atoms with E-state index in [0.717, 1.165) is 42.3 Å². The minimum absolute atomic E-state index is 0.0604. The van der Waals surface area contributed by atoms with Crippen LogP contribution in [0.3, 0.4) is 0 Å². The Labute approximate surface area is 174 Å². The van der Waals surface area contributed by atoms with E-state index in [1.165, 1.54) is 17.0 Å². The first-order chi connectivity index (χ1) is 14.5. The first kappa shape index (κ1) is 20.0. The van der Waals surface area contributed by atoms with Crippen LogP contribution < -0.4 is 9.80 Å². The fourth-order valence-corrected chi connectivity index (χ4v) is 4.31. The van der Waals surface area contributed by atoms with Crippen LogP contribution in [0, 0.1) is 10.1 Å². The van der Waals surface area contributed by atoms with Gasteiger partial charge in [-0.05, 0) is 24.1 Å². The second-order valence-electron chi connectivity index (χ2n) is 7.79. The van der Waals surface area contributed by atoms with Crippen LogP contribution in [0.2, 0.25) is 0 Å². The molecule has 2 aromatic carbocycles. The average Bonchev–Trinajstić information content (AvgIpc) is 3.06. The number of carbonyl (C=O) groups excluding carboxylic acids is 2. The lowest BCUT2D eigenvalue weighted by molar-refractivity contribution is -0.915. The molecule has 2 saturated heterocycles. The smallest absolute Gasteiger partial charge is 0.288 e. The van der Waals surface area contributed by atoms with E-state index in [-0.39, 0.29) is 30.0 Å². The molecule has 2 heterocycles. The minimum atomic E-state index is -0.405. The number of hydrogen-bond acceptors (Lipinski definition) is 5. The molecule has 0 aromatic heterocycles. The number of anilines is 1. The molecule has 2 aromatic rings. The summed E-state index contributed by atoms with van der Waals surface area (Å²) in [5.41, 5.74) is 2.14. The number of nitrogens with one attached hydrogen (secondary N) is 1. The Bertz CT molecular complexity index is 924. The number of nitro groups is 1. The monoisotopic (exact) mass is 409 g/mol. The second kappa shape index (κ2) is 8.62. The molecule has 1 N–H and O–H groups in total. The summed E-state index contributed by atoms with van der Waals surface area (Å²) in [6.07, 6.45) is 0.953. The van der Waals surface area contributed by atoms with Gasteiger partial charge in [0.15, 0.2) is 6.04 Å². The van der Waals surface area contributed by atoms with Gasteiger partial charge in [0.1, 0.15) is 0 Å². The highest BCUT2D eigenvalue weighted by atomic mass is 16.6. The maximum atomic E-state index is 12.9. The van der Waals surface area contributed by atoms with Gasteiger partial charge < -0.3 is 9.80 Å². The number of nitrogens with zero attached hydrogens (tertiary/aromatic N) is 3. The largest absolute Gasteiger partial charge is 0.360 e. The normalized spacial score (nSPS) is 20.1. The fourth-order valence-electron chi connectivity index (χ4n) is 4.31. The van der Waals surface area contributed by atoms with Crippen molar-refractivity contribution < 1.29 is 19.4 Å². The predicted octanol–water partition coefficient (Wildman–Crippen LogP) is 0.670. The molecule has 8 nitrogen and oxygen atoms in total. The van der Waals surface area contributed by atoms with Crippen LogP contribution in [0.1, 0.15) is 12.0 Å². The molecule has 156 valence electrons. The van der Waals surface area contributed by atoms with E-state index in [9.17, 15) is 19.7 Å². The number of piperazine rings is 1. The van der Waals surface area contributed by atoms with Gasteiger partial charge in [-0.2, -0.15) is 0 Å². The van der Waals surface area contributed by atoms with E-state index in [0.29, 0.717) is 13.0 Å². The zero-order chi connectivity index (χ0) is 21.1. The van der Waals surface area contributed by atoms with Crippen molar-refractivity contribution in [3.8, 4) is 0 Å². The number of imide groups is 1. The Hall–Kier alpha value is -3.26. The Balaban J connectivity index is 1.32. The van der Waals surface area contributed by atoms with Crippen molar-refractivity contribution in [2.45, 2.75) is 18.9 Å². The number of amides is 2. The van der Waals surface area contributed by atoms with Crippen molar-refractivity contribution in [2.24, 2.45) is 0 Å². The Morgan fingerprint density at radius 1 is 1.00 bits per heavy atom. The fraction of sp³-hybridized carbons (Fsp3) is 0.364. The molecule has 0 spiro atoms. The minimum Gasteiger partial charge on any atom is -0.360 e. The van der Waals surface area contributed by atoms with Crippen LogP contribution in [0.5, 0.6) is 0 Å². The third-order valence-electron chi connectivity index (χ3n) is 6.03. The molecule has 2 aliphatic rings. The highest BCUT2D eigenvalue weighted by Gasteiger charge is 2.45. The van der Waals surface area contributed by atoms with Gasteiger partial charge in [-0.15, -0.1) is 0 Å². The van der Waals surface area contributed by atoms with Crippen molar-refractivity contribution in [1.82, 2.24) is 4.90 Å². The summed E-state index contributed by atoms with van der Waals surface area (Å²) in [6, 6.07) is 16.1. The van der Waals surface area contributed by atoms with E-state index < -0.39 is 4.92 Å². The second-order valence-corrected chi connectivity index (χ2v) is 7.79. The van der Waals surface area contributed by atoms with Gasteiger partial charge in [0.2, 0.25) is 5.91 Å². The van der Waals surface area contributed by atoms with E-state index in [4.69, 9.17) is 0 Å².